The van der Waals surface area contributed by atoms with Crippen molar-refractivity contribution in [1.82, 2.24) is 30.3 Å². The Labute approximate surface area is 207 Å². The zero-order chi connectivity index (χ0) is 26.0. The molecule has 4 aromatic rings. The van der Waals surface area contributed by atoms with E-state index in [-0.39, 0.29) is 33.2 Å². The molecule has 0 saturated carbocycles. The van der Waals surface area contributed by atoms with E-state index in [9.17, 15) is 22.8 Å². The number of benzene rings is 1. The van der Waals surface area contributed by atoms with Gasteiger partial charge in [-0.3, -0.25) is 14.7 Å². The molecule has 0 unspecified atom stereocenters. The Hall–Kier alpha value is -4.37. The minimum atomic E-state index is -4.86. The van der Waals surface area contributed by atoms with Gasteiger partial charge in [0.05, 0.1) is 28.0 Å². The maximum Gasteiger partial charge on any atom is 0.435 e. The molecule has 2 amide bonds. The lowest BCUT2D eigenvalue weighted by atomic mass is 10.0. The van der Waals surface area contributed by atoms with Gasteiger partial charge in [-0.1, -0.05) is 24.4 Å². The number of fused-ring (bicyclic) bond motifs is 1. The van der Waals surface area contributed by atoms with E-state index in [2.05, 4.69) is 36.8 Å². The molecule has 0 aliphatic heterocycles. The third kappa shape index (κ3) is 4.60. The third-order valence-electron chi connectivity index (χ3n) is 5.07. The predicted molar refractivity (Wildman–Crippen MR) is 126 cm³/mol. The molecule has 0 aliphatic rings. The number of hydrogen-bond donors (Lipinski definition) is 3. The minimum absolute atomic E-state index is 0.0160. The van der Waals surface area contributed by atoms with Gasteiger partial charge in [0.25, 0.3) is 11.8 Å². The molecule has 0 aliphatic carbocycles. The number of halogens is 4. The zero-order valence-electron chi connectivity index (χ0n) is 18.6. The molecule has 4 rings (SSSR count). The Balaban J connectivity index is 1.87. The Bertz CT molecular complexity index is 1520. The predicted octanol–water partition coefficient (Wildman–Crippen LogP) is 4.19. The largest absolute Gasteiger partial charge is 0.435 e. The highest BCUT2D eigenvalue weighted by Gasteiger charge is 2.37. The van der Waals surface area contributed by atoms with E-state index >= 15 is 0 Å². The van der Waals surface area contributed by atoms with E-state index in [1.165, 1.54) is 30.6 Å². The maximum atomic E-state index is 13.5. The van der Waals surface area contributed by atoms with Gasteiger partial charge in [0.2, 0.25) is 0 Å². The zero-order valence-corrected chi connectivity index (χ0v) is 19.3. The summed E-state index contributed by atoms with van der Waals surface area (Å²) in [6.45, 7) is 2.19. The second kappa shape index (κ2) is 9.71. The lowest BCUT2D eigenvalue weighted by Gasteiger charge is -2.15. The average Bonchev–Trinajstić information content (AvgIpc) is 3.49. The second-order valence-electron chi connectivity index (χ2n) is 7.50. The highest BCUT2D eigenvalue weighted by molar-refractivity contribution is 6.32. The molecule has 0 saturated heterocycles. The van der Waals surface area contributed by atoms with E-state index in [1.807, 2.05) is 6.92 Å². The highest BCUT2D eigenvalue weighted by atomic mass is 35.5. The lowest BCUT2D eigenvalue weighted by molar-refractivity contribution is -0.141. The summed E-state index contributed by atoms with van der Waals surface area (Å²) in [5.41, 5.74) is -1.56. The molecule has 36 heavy (non-hydrogen) atoms. The number of terminal acetylenes is 1. The van der Waals surface area contributed by atoms with Crippen LogP contribution in [-0.4, -0.2) is 43.3 Å². The molecular weight excluding hydrogens is 499 g/mol. The van der Waals surface area contributed by atoms with Crippen LogP contribution in [0.25, 0.3) is 16.7 Å². The van der Waals surface area contributed by atoms with Crippen LogP contribution in [0.3, 0.4) is 0 Å². The number of H-pyrrole nitrogens is 1. The van der Waals surface area contributed by atoms with Gasteiger partial charge in [-0.05, 0) is 24.6 Å². The first-order valence-corrected chi connectivity index (χ1v) is 10.9. The molecule has 0 bridgehead atoms. The second-order valence-corrected chi connectivity index (χ2v) is 7.90. The summed E-state index contributed by atoms with van der Waals surface area (Å²) in [5, 5.41) is 15.8. The van der Waals surface area contributed by atoms with E-state index in [0.717, 1.165) is 0 Å². The van der Waals surface area contributed by atoms with Crippen LogP contribution in [0.15, 0.2) is 36.7 Å². The Morgan fingerprint density at radius 2 is 2.06 bits per heavy atom. The first kappa shape index (κ1) is 24.7. The standard InChI is InChI=1S/C23H17ClF3N7O2/c1-3-7-29-22(36)17-18(12(4-2)9-13-11-30-32-19(13)17)31-21(35)15-10-16(23(25,26)27)33-34(15)20-14(24)6-5-8-28-20/h2,5-6,8-11H,3,7H2,1H3,(H,29,36)(H,30,32)(H,31,35). The van der Waals surface area contributed by atoms with Gasteiger partial charge in [-0.2, -0.15) is 23.4 Å². The fraction of sp³-hybridized carbons (Fsp3) is 0.174. The molecule has 9 nitrogen and oxygen atoms in total. The van der Waals surface area contributed by atoms with E-state index in [1.54, 1.807) is 0 Å². The molecule has 1 aromatic carbocycles. The number of carbonyl (C=O) groups excluding carboxylic acids is 2. The molecule has 0 spiro atoms. The monoisotopic (exact) mass is 515 g/mol. The molecule has 0 radical (unpaired) electrons. The van der Waals surface area contributed by atoms with Crippen molar-refractivity contribution in [2.45, 2.75) is 19.5 Å². The minimum Gasteiger partial charge on any atom is -0.352 e. The van der Waals surface area contributed by atoms with E-state index in [4.69, 9.17) is 18.0 Å². The summed E-state index contributed by atoms with van der Waals surface area (Å²) in [4.78, 5) is 30.3. The number of anilines is 1. The van der Waals surface area contributed by atoms with Crippen molar-refractivity contribution in [3.05, 3.63) is 64.2 Å². The van der Waals surface area contributed by atoms with E-state index < -0.39 is 29.4 Å². The number of aromatic nitrogens is 5. The van der Waals surface area contributed by atoms with Gasteiger partial charge >= 0.3 is 6.18 Å². The summed E-state index contributed by atoms with van der Waals surface area (Å²) in [5.74, 6) is 0.618. The normalized spacial score (nSPS) is 11.3. The number of nitrogens with zero attached hydrogens (tertiary/aromatic N) is 4. The van der Waals surface area contributed by atoms with Crippen LogP contribution in [0.5, 0.6) is 0 Å². The lowest BCUT2D eigenvalue weighted by Crippen LogP contribution is -2.27. The number of rotatable bonds is 6. The van der Waals surface area contributed by atoms with Crippen LogP contribution in [0.1, 0.15) is 45.4 Å². The van der Waals surface area contributed by atoms with Crippen molar-refractivity contribution in [3.63, 3.8) is 0 Å². The molecule has 3 heterocycles. The number of aromatic amines is 1. The third-order valence-corrected chi connectivity index (χ3v) is 5.36. The molecule has 0 fully saturated rings. The highest BCUT2D eigenvalue weighted by Crippen LogP contribution is 2.32. The van der Waals surface area contributed by atoms with Crippen molar-refractivity contribution in [2.24, 2.45) is 0 Å². The smallest absolute Gasteiger partial charge is 0.352 e. The van der Waals surface area contributed by atoms with Crippen LogP contribution in [0.4, 0.5) is 18.9 Å². The molecule has 3 aromatic heterocycles. The number of nitrogens with one attached hydrogen (secondary N) is 3. The topological polar surface area (TPSA) is 118 Å². The maximum absolute atomic E-state index is 13.5. The van der Waals surface area contributed by atoms with Crippen LogP contribution < -0.4 is 10.6 Å². The van der Waals surface area contributed by atoms with Gasteiger partial charge in [-0.15, -0.1) is 6.42 Å². The van der Waals surface area contributed by atoms with Crippen LogP contribution in [0.2, 0.25) is 5.02 Å². The van der Waals surface area contributed by atoms with E-state index in [0.29, 0.717) is 29.1 Å². The molecule has 13 heteroatoms. The summed E-state index contributed by atoms with van der Waals surface area (Å²) in [6, 6.07) is 4.93. The van der Waals surface area contributed by atoms with Crippen molar-refractivity contribution >= 4 is 40.0 Å². The van der Waals surface area contributed by atoms with Gasteiger partial charge in [0.1, 0.15) is 5.69 Å². The number of carbonyl (C=O) groups is 2. The fourth-order valence-corrected chi connectivity index (χ4v) is 3.65. The van der Waals surface area contributed by atoms with Crippen molar-refractivity contribution in [3.8, 4) is 18.2 Å². The fourth-order valence-electron chi connectivity index (χ4n) is 3.44. The molecule has 0 atom stereocenters. The molecule has 184 valence electrons. The summed E-state index contributed by atoms with van der Waals surface area (Å²) in [6.07, 6.45) is 4.16. The van der Waals surface area contributed by atoms with Gasteiger partial charge in [0.15, 0.2) is 11.5 Å². The number of pyridine rings is 1. The van der Waals surface area contributed by atoms with Gasteiger partial charge in [-0.25, -0.2) is 9.67 Å². The number of hydrogen-bond acceptors (Lipinski definition) is 5. The molecule has 3 N–H and O–H groups in total. The molecular formula is C23H17ClF3N7O2. The average molecular weight is 516 g/mol. The van der Waals surface area contributed by atoms with Gasteiger partial charge < -0.3 is 10.6 Å². The van der Waals surface area contributed by atoms with Gasteiger partial charge in [0, 0.05) is 29.8 Å². The Morgan fingerprint density at radius 1 is 1.28 bits per heavy atom. The van der Waals surface area contributed by atoms with Crippen molar-refractivity contribution in [2.75, 3.05) is 11.9 Å². The van der Waals surface area contributed by atoms with Crippen LogP contribution >= 0.6 is 11.6 Å². The Kier molecular flexibility index (Phi) is 6.67. The van der Waals surface area contributed by atoms with Crippen LogP contribution in [-0.2, 0) is 6.18 Å². The summed E-state index contributed by atoms with van der Waals surface area (Å²) >= 11 is 6.11. The Morgan fingerprint density at radius 3 is 2.72 bits per heavy atom. The number of amides is 2. The van der Waals surface area contributed by atoms with Crippen molar-refractivity contribution < 1.29 is 22.8 Å². The quantitative estimate of drug-likeness (QED) is 0.333. The summed E-state index contributed by atoms with van der Waals surface area (Å²) in [7, 11) is 0. The number of alkyl halides is 3. The SMILES string of the molecule is C#Cc1cc2cn[nH]c2c(C(=O)NCCC)c1NC(=O)c1cc(C(F)(F)F)nn1-c1ncccc1Cl. The summed E-state index contributed by atoms with van der Waals surface area (Å²) < 4.78 is 41.1. The first-order chi connectivity index (χ1) is 17.2. The first-order valence-electron chi connectivity index (χ1n) is 10.5. The van der Waals surface area contributed by atoms with Crippen molar-refractivity contribution in [1.29, 1.82) is 0 Å². The van der Waals surface area contributed by atoms with Crippen LogP contribution in [0, 0.1) is 12.3 Å².